The van der Waals surface area contributed by atoms with Gasteiger partial charge in [0.25, 0.3) is 0 Å². The predicted octanol–water partition coefficient (Wildman–Crippen LogP) is 1.67. The monoisotopic (exact) mass is 297 g/mol. The lowest BCUT2D eigenvalue weighted by atomic mass is 10.1. The number of guanidine groups is 1. The number of benzene rings is 1. The summed E-state index contributed by atoms with van der Waals surface area (Å²) in [5.41, 5.74) is 7.00. The zero-order valence-electron chi connectivity index (χ0n) is 11.6. The summed E-state index contributed by atoms with van der Waals surface area (Å²) < 4.78 is 10.8. The summed E-state index contributed by atoms with van der Waals surface area (Å²) in [6, 6.07) is 7.60. The Balaban J connectivity index is 1.99. The van der Waals surface area contributed by atoms with Crippen molar-refractivity contribution in [1.82, 2.24) is 4.90 Å². The number of morpholine rings is 1. The van der Waals surface area contributed by atoms with Gasteiger partial charge in [-0.3, -0.25) is 4.99 Å². The van der Waals surface area contributed by atoms with Crippen LogP contribution >= 0.6 is 11.6 Å². The first kappa shape index (κ1) is 15.1. The van der Waals surface area contributed by atoms with E-state index in [9.17, 15) is 0 Å². The molecule has 0 aromatic heterocycles. The minimum absolute atomic E-state index is 0.145. The van der Waals surface area contributed by atoms with Crippen LogP contribution in [0.3, 0.4) is 0 Å². The summed E-state index contributed by atoms with van der Waals surface area (Å²) in [5, 5.41) is 0.690. The Labute approximate surface area is 124 Å². The maximum atomic E-state index is 6.00. The van der Waals surface area contributed by atoms with E-state index in [1.54, 1.807) is 7.11 Å². The zero-order valence-corrected chi connectivity index (χ0v) is 12.3. The normalized spacial score (nSPS) is 18.1. The van der Waals surface area contributed by atoms with Gasteiger partial charge in [-0.1, -0.05) is 23.7 Å². The van der Waals surface area contributed by atoms with Crippen LogP contribution in [-0.2, 0) is 9.47 Å². The molecule has 20 heavy (non-hydrogen) atoms. The molecule has 1 atom stereocenters. The highest BCUT2D eigenvalue weighted by molar-refractivity contribution is 6.30. The Morgan fingerprint density at radius 2 is 2.25 bits per heavy atom. The molecule has 1 aromatic rings. The first-order chi connectivity index (χ1) is 9.70. The molecule has 0 bridgehead atoms. The van der Waals surface area contributed by atoms with Crippen molar-refractivity contribution in [3.05, 3.63) is 34.9 Å². The van der Waals surface area contributed by atoms with Crippen LogP contribution in [0.15, 0.2) is 29.3 Å². The minimum Gasteiger partial charge on any atom is -0.378 e. The molecular weight excluding hydrogens is 278 g/mol. The predicted molar refractivity (Wildman–Crippen MR) is 80.1 cm³/mol. The lowest BCUT2D eigenvalue weighted by Gasteiger charge is -2.27. The molecule has 2 rings (SSSR count). The Bertz CT molecular complexity index is 461. The second-order valence-electron chi connectivity index (χ2n) is 4.58. The van der Waals surface area contributed by atoms with Crippen LogP contribution in [-0.4, -0.2) is 50.8 Å². The summed E-state index contributed by atoms with van der Waals surface area (Å²) in [6.07, 6.45) is -0.145. The number of hydrogen-bond donors (Lipinski definition) is 1. The van der Waals surface area contributed by atoms with Gasteiger partial charge in [0.15, 0.2) is 5.96 Å². The molecule has 1 aromatic carbocycles. The van der Waals surface area contributed by atoms with Crippen molar-refractivity contribution < 1.29 is 9.47 Å². The summed E-state index contributed by atoms with van der Waals surface area (Å²) in [4.78, 5) is 6.44. The van der Waals surface area contributed by atoms with Crippen LogP contribution in [0.25, 0.3) is 0 Å². The Hall–Kier alpha value is -1.30. The molecular formula is C14H20ClN3O2. The average Bonchev–Trinajstić information content (AvgIpc) is 2.48. The Morgan fingerprint density at radius 1 is 1.50 bits per heavy atom. The smallest absolute Gasteiger partial charge is 0.191 e. The molecule has 110 valence electrons. The molecule has 5 nitrogen and oxygen atoms in total. The van der Waals surface area contributed by atoms with E-state index in [2.05, 4.69) is 4.99 Å². The maximum Gasteiger partial charge on any atom is 0.191 e. The Morgan fingerprint density at radius 3 is 2.90 bits per heavy atom. The number of nitrogens with two attached hydrogens (primary N) is 1. The SMILES string of the molecule is CO[C@@H](CN=C(N)N1CCOCC1)c1cccc(Cl)c1. The first-order valence-corrected chi connectivity index (χ1v) is 6.99. The number of nitrogens with zero attached hydrogens (tertiary/aromatic N) is 2. The minimum atomic E-state index is -0.145. The standard InChI is InChI=1S/C14H20ClN3O2/c1-19-13(11-3-2-4-12(15)9-11)10-17-14(16)18-5-7-20-8-6-18/h2-4,9,13H,5-8,10H2,1H3,(H2,16,17)/t13-/m0/s1. The van der Waals surface area contributed by atoms with Crippen molar-refractivity contribution in [2.75, 3.05) is 40.0 Å². The molecule has 0 aliphatic carbocycles. The summed E-state index contributed by atoms with van der Waals surface area (Å²) in [5.74, 6) is 0.539. The lowest BCUT2D eigenvalue weighted by Crippen LogP contribution is -2.45. The zero-order chi connectivity index (χ0) is 14.4. The molecule has 1 heterocycles. The van der Waals surface area contributed by atoms with Gasteiger partial charge in [0.2, 0.25) is 0 Å². The van der Waals surface area contributed by atoms with E-state index < -0.39 is 0 Å². The fourth-order valence-electron chi connectivity index (χ4n) is 2.09. The third-order valence-corrected chi connectivity index (χ3v) is 3.49. The van der Waals surface area contributed by atoms with E-state index in [-0.39, 0.29) is 6.10 Å². The third-order valence-electron chi connectivity index (χ3n) is 3.26. The molecule has 1 saturated heterocycles. The number of aliphatic imine (C=N–C) groups is 1. The highest BCUT2D eigenvalue weighted by atomic mass is 35.5. The lowest BCUT2D eigenvalue weighted by molar-refractivity contribution is 0.0669. The van der Waals surface area contributed by atoms with E-state index in [1.165, 1.54) is 0 Å². The number of hydrogen-bond acceptors (Lipinski definition) is 3. The van der Waals surface area contributed by atoms with Crippen LogP contribution in [0.4, 0.5) is 0 Å². The molecule has 6 heteroatoms. The highest BCUT2D eigenvalue weighted by Crippen LogP contribution is 2.20. The van der Waals surface area contributed by atoms with Crippen molar-refractivity contribution in [2.24, 2.45) is 10.7 Å². The van der Waals surface area contributed by atoms with Gasteiger partial charge in [-0.2, -0.15) is 0 Å². The molecule has 0 unspecified atom stereocenters. The summed E-state index contributed by atoms with van der Waals surface area (Å²) >= 11 is 5.99. The van der Waals surface area contributed by atoms with E-state index in [4.69, 9.17) is 26.8 Å². The van der Waals surface area contributed by atoms with E-state index >= 15 is 0 Å². The van der Waals surface area contributed by atoms with E-state index in [0.717, 1.165) is 18.7 Å². The number of ether oxygens (including phenoxy) is 2. The van der Waals surface area contributed by atoms with Gasteiger partial charge in [0, 0.05) is 25.2 Å². The van der Waals surface area contributed by atoms with Crippen LogP contribution in [0.1, 0.15) is 11.7 Å². The van der Waals surface area contributed by atoms with Crippen molar-refractivity contribution in [3.8, 4) is 0 Å². The van der Waals surface area contributed by atoms with Crippen LogP contribution in [0.2, 0.25) is 5.02 Å². The first-order valence-electron chi connectivity index (χ1n) is 6.61. The molecule has 2 N–H and O–H groups in total. The maximum absolute atomic E-state index is 6.00. The van der Waals surface area contributed by atoms with Gasteiger partial charge in [-0.15, -0.1) is 0 Å². The van der Waals surface area contributed by atoms with Gasteiger partial charge in [-0.25, -0.2) is 0 Å². The van der Waals surface area contributed by atoms with Gasteiger partial charge < -0.3 is 20.1 Å². The van der Waals surface area contributed by atoms with Crippen LogP contribution in [0.5, 0.6) is 0 Å². The molecule has 0 radical (unpaired) electrons. The highest BCUT2D eigenvalue weighted by Gasteiger charge is 2.14. The Kier molecular flexibility index (Phi) is 5.64. The second kappa shape index (κ2) is 7.47. The third kappa shape index (κ3) is 4.10. The largest absolute Gasteiger partial charge is 0.378 e. The van der Waals surface area contributed by atoms with Crippen molar-refractivity contribution in [1.29, 1.82) is 0 Å². The number of methoxy groups -OCH3 is 1. The fourth-order valence-corrected chi connectivity index (χ4v) is 2.29. The van der Waals surface area contributed by atoms with Crippen LogP contribution in [0, 0.1) is 0 Å². The van der Waals surface area contributed by atoms with Gasteiger partial charge in [-0.05, 0) is 17.7 Å². The summed E-state index contributed by atoms with van der Waals surface area (Å²) in [7, 11) is 1.66. The number of halogens is 1. The van der Waals surface area contributed by atoms with Gasteiger partial charge >= 0.3 is 0 Å². The van der Waals surface area contributed by atoms with Crippen molar-refractivity contribution in [3.63, 3.8) is 0 Å². The van der Waals surface area contributed by atoms with Gasteiger partial charge in [0.1, 0.15) is 6.10 Å². The van der Waals surface area contributed by atoms with Crippen LogP contribution < -0.4 is 5.73 Å². The average molecular weight is 298 g/mol. The topological polar surface area (TPSA) is 60.1 Å². The van der Waals surface area contributed by atoms with E-state index in [1.807, 2.05) is 29.2 Å². The van der Waals surface area contributed by atoms with Crippen molar-refractivity contribution >= 4 is 17.6 Å². The molecule has 0 saturated carbocycles. The number of rotatable bonds is 4. The molecule has 0 spiro atoms. The molecule has 1 aliphatic rings. The molecule has 1 fully saturated rings. The molecule has 0 amide bonds. The van der Waals surface area contributed by atoms with Gasteiger partial charge in [0.05, 0.1) is 19.8 Å². The fraction of sp³-hybridized carbons (Fsp3) is 0.500. The quantitative estimate of drug-likeness (QED) is 0.678. The van der Waals surface area contributed by atoms with Crippen molar-refractivity contribution in [2.45, 2.75) is 6.10 Å². The summed E-state index contributed by atoms with van der Waals surface area (Å²) in [6.45, 7) is 3.42. The van der Waals surface area contributed by atoms with E-state index in [0.29, 0.717) is 30.7 Å². The molecule has 1 aliphatic heterocycles. The second-order valence-corrected chi connectivity index (χ2v) is 5.01.